The zero-order chi connectivity index (χ0) is 19.9. The summed E-state index contributed by atoms with van der Waals surface area (Å²) < 4.78 is 1.00. The molecule has 3 aromatic rings. The SMILES string of the molecule is CN(C)CCN(C(=O)CCCSc1ccccc1)c1nc2c(Cl)cccc2s1. The second-order valence-corrected chi connectivity index (χ2v) is 9.28. The molecule has 3 rings (SSSR count). The van der Waals surface area contributed by atoms with Crippen LogP contribution in [0.5, 0.6) is 0 Å². The van der Waals surface area contributed by atoms with Crippen LogP contribution in [0.1, 0.15) is 12.8 Å². The number of anilines is 1. The minimum atomic E-state index is 0.116. The highest BCUT2D eigenvalue weighted by Gasteiger charge is 2.20. The highest BCUT2D eigenvalue weighted by Crippen LogP contribution is 2.33. The molecule has 0 aliphatic rings. The zero-order valence-corrected chi connectivity index (χ0v) is 18.5. The highest BCUT2D eigenvalue weighted by atomic mass is 35.5. The maximum absolute atomic E-state index is 13.0. The average molecular weight is 434 g/mol. The number of benzene rings is 2. The van der Waals surface area contributed by atoms with Gasteiger partial charge in [0.05, 0.1) is 9.72 Å². The van der Waals surface area contributed by atoms with E-state index in [0.717, 1.165) is 34.1 Å². The first kappa shape index (κ1) is 21.1. The highest BCUT2D eigenvalue weighted by molar-refractivity contribution is 7.99. The van der Waals surface area contributed by atoms with Gasteiger partial charge in [0.2, 0.25) is 5.91 Å². The Morgan fingerprint density at radius 1 is 1.11 bits per heavy atom. The summed E-state index contributed by atoms with van der Waals surface area (Å²) in [5.41, 5.74) is 0.770. The summed E-state index contributed by atoms with van der Waals surface area (Å²) in [5, 5.41) is 1.35. The molecule has 0 aliphatic heterocycles. The van der Waals surface area contributed by atoms with E-state index in [1.165, 1.54) is 16.2 Å². The predicted molar refractivity (Wildman–Crippen MR) is 122 cm³/mol. The van der Waals surface area contributed by atoms with Gasteiger partial charge in [-0.1, -0.05) is 47.2 Å². The van der Waals surface area contributed by atoms with Crippen molar-refractivity contribution >= 4 is 56.0 Å². The molecule has 0 bridgehead atoms. The fraction of sp³-hybridized carbons (Fsp3) is 0.333. The van der Waals surface area contributed by atoms with Gasteiger partial charge in [0.15, 0.2) is 5.13 Å². The number of thioether (sulfide) groups is 1. The van der Waals surface area contributed by atoms with Gasteiger partial charge in [0.25, 0.3) is 0 Å². The van der Waals surface area contributed by atoms with Gasteiger partial charge in [-0.05, 0) is 50.5 Å². The Morgan fingerprint density at radius 2 is 1.89 bits per heavy atom. The van der Waals surface area contributed by atoms with E-state index in [2.05, 4.69) is 22.0 Å². The fourth-order valence-corrected chi connectivity index (χ4v) is 4.89. The molecule has 0 aliphatic carbocycles. The smallest absolute Gasteiger partial charge is 0.228 e. The van der Waals surface area contributed by atoms with Crippen molar-refractivity contribution < 1.29 is 4.79 Å². The van der Waals surface area contributed by atoms with Crippen molar-refractivity contribution in [1.29, 1.82) is 0 Å². The molecule has 0 N–H and O–H groups in total. The molecule has 0 saturated carbocycles. The molecule has 7 heteroatoms. The first-order valence-electron chi connectivity index (χ1n) is 9.22. The number of likely N-dealkylation sites (N-methyl/N-ethyl adjacent to an activating group) is 1. The number of halogens is 1. The van der Waals surface area contributed by atoms with Crippen molar-refractivity contribution in [2.45, 2.75) is 17.7 Å². The lowest BCUT2D eigenvalue weighted by molar-refractivity contribution is -0.118. The maximum Gasteiger partial charge on any atom is 0.228 e. The van der Waals surface area contributed by atoms with Crippen LogP contribution in [0.15, 0.2) is 53.4 Å². The molecule has 0 atom stereocenters. The second-order valence-electron chi connectivity index (χ2n) is 6.70. The number of para-hydroxylation sites is 1. The Hall–Kier alpha value is -1.60. The van der Waals surface area contributed by atoms with E-state index in [9.17, 15) is 4.79 Å². The van der Waals surface area contributed by atoms with Crippen molar-refractivity contribution in [3.05, 3.63) is 53.6 Å². The van der Waals surface area contributed by atoms with Gasteiger partial charge in [0, 0.05) is 24.4 Å². The minimum absolute atomic E-state index is 0.116. The van der Waals surface area contributed by atoms with Gasteiger partial charge in [0.1, 0.15) is 5.52 Å². The van der Waals surface area contributed by atoms with E-state index in [0.29, 0.717) is 18.0 Å². The van der Waals surface area contributed by atoms with Crippen molar-refractivity contribution in [2.75, 3.05) is 37.8 Å². The normalized spacial score (nSPS) is 11.3. The van der Waals surface area contributed by atoms with Crippen LogP contribution in [-0.4, -0.2) is 48.7 Å². The Morgan fingerprint density at radius 3 is 2.61 bits per heavy atom. The number of hydrogen-bond acceptors (Lipinski definition) is 5. The summed E-state index contributed by atoms with van der Waals surface area (Å²) in [6.45, 7) is 1.41. The third-order valence-electron chi connectivity index (χ3n) is 4.21. The van der Waals surface area contributed by atoms with Gasteiger partial charge in [-0.3, -0.25) is 9.69 Å². The van der Waals surface area contributed by atoms with Gasteiger partial charge >= 0.3 is 0 Å². The Kier molecular flexibility index (Phi) is 7.73. The molecule has 0 fully saturated rings. The molecule has 148 valence electrons. The Bertz CT molecular complexity index is 914. The van der Waals surface area contributed by atoms with Gasteiger partial charge < -0.3 is 4.90 Å². The molecule has 0 spiro atoms. The molecule has 28 heavy (non-hydrogen) atoms. The van der Waals surface area contributed by atoms with E-state index >= 15 is 0 Å². The van der Waals surface area contributed by atoms with Crippen LogP contribution < -0.4 is 4.90 Å². The topological polar surface area (TPSA) is 36.4 Å². The number of aromatic nitrogens is 1. The van der Waals surface area contributed by atoms with E-state index < -0.39 is 0 Å². The first-order valence-corrected chi connectivity index (χ1v) is 11.4. The van der Waals surface area contributed by atoms with Crippen LogP contribution in [0.4, 0.5) is 5.13 Å². The number of amides is 1. The maximum atomic E-state index is 13.0. The van der Waals surface area contributed by atoms with E-state index in [-0.39, 0.29) is 5.91 Å². The summed E-state index contributed by atoms with van der Waals surface area (Å²) in [4.78, 5) is 22.7. The number of hydrogen-bond donors (Lipinski definition) is 0. The van der Waals surface area contributed by atoms with Crippen LogP contribution in [-0.2, 0) is 4.79 Å². The molecule has 1 amide bonds. The largest absolute Gasteiger partial charge is 0.308 e. The van der Waals surface area contributed by atoms with E-state index in [4.69, 9.17) is 11.6 Å². The first-order chi connectivity index (χ1) is 13.5. The molecular formula is C21H24ClN3OS2. The van der Waals surface area contributed by atoms with Gasteiger partial charge in [-0.2, -0.15) is 0 Å². The number of nitrogens with zero attached hydrogens (tertiary/aromatic N) is 3. The van der Waals surface area contributed by atoms with Gasteiger partial charge in [-0.25, -0.2) is 4.98 Å². The van der Waals surface area contributed by atoms with Crippen molar-refractivity contribution in [3.63, 3.8) is 0 Å². The number of thiazole rings is 1. The van der Waals surface area contributed by atoms with E-state index in [1.807, 2.05) is 55.4 Å². The second kappa shape index (κ2) is 10.3. The van der Waals surface area contributed by atoms with Crippen molar-refractivity contribution in [2.24, 2.45) is 0 Å². The Balaban J connectivity index is 1.66. The molecule has 4 nitrogen and oxygen atoms in total. The quantitative estimate of drug-likeness (QED) is 0.333. The molecule has 0 unspecified atom stereocenters. The predicted octanol–water partition coefficient (Wildman–Crippen LogP) is 5.42. The summed E-state index contributed by atoms with van der Waals surface area (Å²) in [6, 6.07) is 16.0. The average Bonchev–Trinajstić information content (AvgIpc) is 3.11. The molecule has 0 saturated heterocycles. The van der Waals surface area contributed by atoms with Crippen molar-refractivity contribution in [3.8, 4) is 0 Å². The molecule has 1 aromatic heterocycles. The van der Waals surface area contributed by atoms with Crippen LogP contribution in [0.2, 0.25) is 5.02 Å². The lowest BCUT2D eigenvalue weighted by atomic mass is 10.3. The summed E-state index contributed by atoms with van der Waals surface area (Å²) in [5.74, 6) is 1.04. The van der Waals surface area contributed by atoms with E-state index in [1.54, 1.807) is 11.8 Å². The number of fused-ring (bicyclic) bond motifs is 1. The lowest BCUT2D eigenvalue weighted by Gasteiger charge is -2.22. The lowest BCUT2D eigenvalue weighted by Crippen LogP contribution is -2.36. The van der Waals surface area contributed by atoms with Crippen LogP contribution in [0.25, 0.3) is 10.2 Å². The molecule has 2 aromatic carbocycles. The van der Waals surface area contributed by atoms with Gasteiger partial charge in [-0.15, -0.1) is 11.8 Å². The molecule has 0 radical (unpaired) electrons. The van der Waals surface area contributed by atoms with Crippen LogP contribution >= 0.6 is 34.7 Å². The number of carbonyl (C=O) groups is 1. The zero-order valence-electron chi connectivity index (χ0n) is 16.1. The summed E-state index contributed by atoms with van der Waals surface area (Å²) in [7, 11) is 4.02. The number of carbonyl (C=O) groups excluding carboxylic acids is 1. The minimum Gasteiger partial charge on any atom is -0.308 e. The fourth-order valence-electron chi connectivity index (χ4n) is 2.71. The standard InChI is InChI=1S/C21H24ClN3OS2/c1-24(2)13-14-25(21-23-20-17(22)10-6-11-18(20)28-21)19(26)12-7-15-27-16-8-4-3-5-9-16/h3-6,8-11H,7,12-15H2,1-2H3. The molecule has 1 heterocycles. The number of rotatable bonds is 9. The summed E-state index contributed by atoms with van der Waals surface area (Å²) >= 11 is 9.58. The summed E-state index contributed by atoms with van der Waals surface area (Å²) in [6.07, 6.45) is 1.35. The van der Waals surface area contributed by atoms with Crippen LogP contribution in [0, 0.1) is 0 Å². The Labute approximate surface area is 179 Å². The molecular weight excluding hydrogens is 410 g/mol. The van der Waals surface area contributed by atoms with Crippen LogP contribution in [0.3, 0.4) is 0 Å². The van der Waals surface area contributed by atoms with Crippen molar-refractivity contribution in [1.82, 2.24) is 9.88 Å². The third-order valence-corrected chi connectivity index (χ3v) is 6.66. The monoisotopic (exact) mass is 433 g/mol. The third kappa shape index (κ3) is 5.70.